The van der Waals surface area contributed by atoms with Crippen molar-refractivity contribution < 1.29 is 22.2 Å². The zero-order valence-electron chi connectivity index (χ0n) is 14.0. The van der Waals surface area contributed by atoms with Gasteiger partial charge >= 0.3 is 17.1 Å². The largest absolute Gasteiger partial charge is 2.00 e. The number of aliphatic hydroxyl groups is 1. The number of aliphatic hydroxyl groups excluding tert-OH is 1. The minimum atomic E-state index is 0. The Morgan fingerprint density at radius 3 is 1.92 bits per heavy atom. The van der Waals surface area contributed by atoms with E-state index in [0.717, 1.165) is 6.42 Å². The van der Waals surface area contributed by atoms with Crippen LogP contribution in [-0.4, -0.2) is 23.8 Å². The molecule has 3 heteroatoms. The van der Waals surface area contributed by atoms with Gasteiger partial charge in [-0.25, -0.2) is 0 Å². The predicted octanol–water partition coefficient (Wildman–Crippen LogP) is 2.99. The summed E-state index contributed by atoms with van der Waals surface area (Å²) in [5.74, 6) is 1.27. The Balaban J connectivity index is 0.000000412. The zero-order valence-corrected chi connectivity index (χ0v) is 15.1. The first-order chi connectivity index (χ1) is 11.3. The quantitative estimate of drug-likeness (QED) is 0.762. The fourth-order valence-electron chi connectivity index (χ4n) is 2.52. The molecule has 126 valence electrons. The topological polar surface area (TPSA) is 32.3 Å². The smallest absolute Gasteiger partial charge is 0.395 e. The van der Waals surface area contributed by atoms with E-state index in [9.17, 15) is 5.11 Å². The first-order valence-electron chi connectivity index (χ1n) is 8.08. The van der Waals surface area contributed by atoms with E-state index in [-0.39, 0.29) is 35.8 Å². The molecule has 0 saturated heterocycles. The van der Waals surface area contributed by atoms with Gasteiger partial charge in [0.2, 0.25) is 0 Å². The molecule has 2 nitrogen and oxygen atoms in total. The SMILES string of the molecule is C[C@@H](N[C@H](CO)Cc1ccccc1)[C]1[CH][CH][CH][CH]1.[CH]1[CH][CH][CH][CH]1.[Fe+2]. The number of hydrogen-bond acceptors (Lipinski definition) is 2. The van der Waals surface area contributed by atoms with Crippen LogP contribution in [0.25, 0.3) is 0 Å². The third-order valence-electron chi connectivity index (χ3n) is 3.78. The van der Waals surface area contributed by atoms with Gasteiger partial charge in [0, 0.05) is 12.1 Å². The summed E-state index contributed by atoms with van der Waals surface area (Å²) < 4.78 is 0. The Kier molecular flexibility index (Phi) is 11.7. The summed E-state index contributed by atoms with van der Waals surface area (Å²) in [7, 11) is 0. The molecule has 0 bridgehead atoms. The van der Waals surface area contributed by atoms with Crippen LogP contribution in [0.4, 0.5) is 0 Å². The maximum Gasteiger partial charge on any atom is 2.00 e. The van der Waals surface area contributed by atoms with Crippen LogP contribution in [0.15, 0.2) is 30.3 Å². The van der Waals surface area contributed by atoms with Crippen LogP contribution < -0.4 is 5.32 Å². The number of hydrogen-bond donors (Lipinski definition) is 2. The third kappa shape index (κ3) is 8.16. The van der Waals surface area contributed by atoms with Gasteiger partial charge in [0.1, 0.15) is 0 Å². The summed E-state index contributed by atoms with van der Waals surface area (Å²) in [5.41, 5.74) is 1.25. The minimum absolute atomic E-state index is 0. The second-order valence-corrected chi connectivity index (χ2v) is 5.64. The predicted molar refractivity (Wildman–Crippen MR) is 95.6 cm³/mol. The molecule has 0 amide bonds. The maximum atomic E-state index is 9.47. The molecule has 2 atom stereocenters. The molecule has 2 fully saturated rings. The van der Waals surface area contributed by atoms with Crippen molar-refractivity contribution in [2.45, 2.75) is 25.4 Å². The van der Waals surface area contributed by atoms with Crippen molar-refractivity contribution in [1.82, 2.24) is 5.32 Å². The Morgan fingerprint density at radius 2 is 1.42 bits per heavy atom. The molecule has 0 aliphatic heterocycles. The van der Waals surface area contributed by atoms with Gasteiger partial charge in [-0.05, 0) is 82.6 Å². The molecule has 10 radical (unpaired) electrons. The molecule has 1 aromatic carbocycles. The van der Waals surface area contributed by atoms with E-state index in [1.807, 2.05) is 63.1 Å². The average Bonchev–Trinajstić information content (AvgIpc) is 3.30. The molecule has 2 aliphatic rings. The van der Waals surface area contributed by atoms with E-state index in [1.54, 1.807) is 0 Å². The van der Waals surface area contributed by atoms with Gasteiger partial charge in [0.05, 0.1) is 6.61 Å². The van der Waals surface area contributed by atoms with Crippen LogP contribution in [0, 0.1) is 63.7 Å². The van der Waals surface area contributed by atoms with Gasteiger partial charge in [0.15, 0.2) is 0 Å². The van der Waals surface area contributed by atoms with Crippen molar-refractivity contribution in [2.75, 3.05) is 6.61 Å². The summed E-state index contributed by atoms with van der Waals surface area (Å²) in [4.78, 5) is 0. The summed E-state index contributed by atoms with van der Waals surface area (Å²) in [5, 5.41) is 12.9. The molecule has 0 heterocycles. The number of nitrogens with one attached hydrogen (secondary N) is 1. The fourth-order valence-corrected chi connectivity index (χ4v) is 2.52. The average molecular weight is 363 g/mol. The Bertz CT molecular complexity index is 394. The molecular formula is C21H25FeNO+2. The Morgan fingerprint density at radius 1 is 0.875 bits per heavy atom. The van der Waals surface area contributed by atoms with Gasteiger partial charge in [-0.15, -0.1) is 0 Å². The standard InChI is InChI=1S/C16H20NO.C5H5.Fe/c1-13(15-9-5-6-10-15)17-16(12-18)11-14-7-3-2-4-8-14;1-2-4-5-3-1;/h2-10,13,16-18H,11-12H2,1H3;1-5H;/q;;+2/t13-,16+;;/m1../s1. The van der Waals surface area contributed by atoms with E-state index in [2.05, 4.69) is 37.2 Å². The van der Waals surface area contributed by atoms with E-state index in [0.29, 0.717) is 0 Å². The van der Waals surface area contributed by atoms with Gasteiger partial charge in [-0.2, -0.15) is 0 Å². The second-order valence-electron chi connectivity index (χ2n) is 5.64. The summed E-state index contributed by atoms with van der Waals surface area (Å²) in [6.07, 6.45) is 19.1. The molecule has 0 aromatic heterocycles. The van der Waals surface area contributed by atoms with Crippen molar-refractivity contribution in [3.63, 3.8) is 0 Å². The van der Waals surface area contributed by atoms with Crippen LogP contribution in [0.1, 0.15) is 12.5 Å². The summed E-state index contributed by atoms with van der Waals surface area (Å²) in [6, 6.07) is 10.6. The molecule has 2 aliphatic carbocycles. The van der Waals surface area contributed by atoms with Crippen LogP contribution in [0.3, 0.4) is 0 Å². The van der Waals surface area contributed by atoms with Crippen molar-refractivity contribution in [1.29, 1.82) is 0 Å². The van der Waals surface area contributed by atoms with Gasteiger partial charge in [0.25, 0.3) is 0 Å². The van der Waals surface area contributed by atoms with Crippen LogP contribution in [0.5, 0.6) is 0 Å². The zero-order chi connectivity index (χ0) is 16.3. The normalized spacial score (nSPS) is 19.9. The maximum absolute atomic E-state index is 9.47. The molecule has 0 spiro atoms. The third-order valence-corrected chi connectivity index (χ3v) is 3.78. The van der Waals surface area contributed by atoms with E-state index >= 15 is 0 Å². The summed E-state index contributed by atoms with van der Waals surface area (Å²) >= 11 is 0. The van der Waals surface area contributed by atoms with Gasteiger partial charge in [-0.1, -0.05) is 30.3 Å². The van der Waals surface area contributed by atoms with Gasteiger partial charge < -0.3 is 10.4 Å². The molecule has 24 heavy (non-hydrogen) atoms. The fraction of sp³-hybridized carbons (Fsp3) is 0.238. The van der Waals surface area contributed by atoms with Crippen molar-refractivity contribution in [2.24, 2.45) is 0 Å². The van der Waals surface area contributed by atoms with Crippen LogP contribution in [0.2, 0.25) is 0 Å². The molecule has 2 N–H and O–H groups in total. The molecule has 0 unspecified atom stereocenters. The Hall–Kier alpha value is -0.341. The first-order valence-corrected chi connectivity index (χ1v) is 8.08. The molecule has 3 rings (SSSR count). The van der Waals surface area contributed by atoms with Crippen molar-refractivity contribution in [3.05, 3.63) is 99.6 Å². The molecule has 2 saturated carbocycles. The first kappa shape index (κ1) is 21.7. The number of rotatable bonds is 6. The summed E-state index contributed by atoms with van der Waals surface area (Å²) in [6.45, 7) is 2.28. The van der Waals surface area contributed by atoms with E-state index in [4.69, 9.17) is 0 Å². The van der Waals surface area contributed by atoms with Crippen LogP contribution >= 0.6 is 0 Å². The van der Waals surface area contributed by atoms with E-state index < -0.39 is 0 Å². The second kappa shape index (κ2) is 12.9. The van der Waals surface area contributed by atoms with Crippen LogP contribution in [-0.2, 0) is 23.5 Å². The number of benzene rings is 1. The van der Waals surface area contributed by atoms with Gasteiger partial charge in [-0.3, -0.25) is 0 Å². The monoisotopic (exact) mass is 363 g/mol. The van der Waals surface area contributed by atoms with E-state index in [1.165, 1.54) is 11.5 Å². The Labute approximate surface area is 159 Å². The van der Waals surface area contributed by atoms with Crippen molar-refractivity contribution >= 4 is 0 Å². The molecule has 1 aromatic rings. The molecular weight excluding hydrogens is 338 g/mol. The van der Waals surface area contributed by atoms with Crippen molar-refractivity contribution in [3.8, 4) is 0 Å². The minimum Gasteiger partial charge on any atom is -0.395 e.